The van der Waals surface area contributed by atoms with Crippen LogP contribution in [-0.2, 0) is 4.79 Å². The Hall–Kier alpha value is -3.03. The van der Waals surface area contributed by atoms with E-state index in [-0.39, 0.29) is 11.8 Å². The molecule has 132 valence electrons. The quantitative estimate of drug-likeness (QED) is 0.776. The summed E-state index contributed by atoms with van der Waals surface area (Å²) < 4.78 is 1.72. The van der Waals surface area contributed by atoms with Gasteiger partial charge in [-0.15, -0.1) is 5.10 Å². The van der Waals surface area contributed by atoms with Gasteiger partial charge in [0.05, 0.1) is 5.69 Å². The molecular formula is C18H19N7O. The third-order valence-corrected chi connectivity index (χ3v) is 4.87. The predicted octanol–water partition coefficient (Wildman–Crippen LogP) is 2.13. The number of amides is 1. The zero-order chi connectivity index (χ0) is 17.5. The van der Waals surface area contributed by atoms with Crippen LogP contribution in [0.1, 0.15) is 25.7 Å². The predicted molar refractivity (Wildman–Crippen MR) is 96.8 cm³/mol. The van der Waals surface area contributed by atoms with Gasteiger partial charge >= 0.3 is 0 Å². The molecule has 4 heterocycles. The molecule has 5 rings (SSSR count). The van der Waals surface area contributed by atoms with Gasteiger partial charge in [-0.25, -0.2) is 14.5 Å². The van der Waals surface area contributed by atoms with Crippen molar-refractivity contribution in [2.75, 3.05) is 23.3 Å². The fourth-order valence-electron chi connectivity index (χ4n) is 3.27. The summed E-state index contributed by atoms with van der Waals surface area (Å²) in [5.41, 5.74) is 2.38. The maximum absolute atomic E-state index is 11.9. The molecular weight excluding hydrogens is 330 g/mol. The van der Waals surface area contributed by atoms with Crippen LogP contribution in [0.5, 0.6) is 0 Å². The fourth-order valence-corrected chi connectivity index (χ4v) is 3.27. The van der Waals surface area contributed by atoms with Crippen LogP contribution < -0.4 is 10.2 Å². The van der Waals surface area contributed by atoms with Gasteiger partial charge in [0.1, 0.15) is 0 Å². The Morgan fingerprint density at radius 1 is 1.12 bits per heavy atom. The van der Waals surface area contributed by atoms with Gasteiger partial charge in [0.2, 0.25) is 17.8 Å². The number of rotatable bonds is 4. The number of nitrogens with one attached hydrogen (secondary N) is 1. The van der Waals surface area contributed by atoms with Crippen molar-refractivity contribution in [3.8, 4) is 11.3 Å². The number of aromatic nitrogens is 5. The Morgan fingerprint density at radius 2 is 1.88 bits per heavy atom. The number of fused-ring (bicyclic) bond motifs is 1. The molecule has 8 nitrogen and oxygen atoms in total. The van der Waals surface area contributed by atoms with Crippen molar-refractivity contribution >= 4 is 23.5 Å². The van der Waals surface area contributed by atoms with Gasteiger partial charge in [0, 0.05) is 37.0 Å². The number of hydrogen-bond donors (Lipinski definition) is 1. The Morgan fingerprint density at radius 3 is 2.62 bits per heavy atom. The molecule has 1 aliphatic carbocycles. The lowest BCUT2D eigenvalue weighted by Crippen LogP contribution is -2.20. The van der Waals surface area contributed by atoms with Gasteiger partial charge in [-0.2, -0.15) is 4.98 Å². The molecule has 1 saturated heterocycles. The van der Waals surface area contributed by atoms with Gasteiger partial charge in [-0.1, -0.05) is 6.07 Å². The van der Waals surface area contributed by atoms with Crippen molar-refractivity contribution in [3.05, 3.63) is 30.6 Å². The second-order valence-corrected chi connectivity index (χ2v) is 6.85. The van der Waals surface area contributed by atoms with E-state index in [1.165, 1.54) is 12.8 Å². The average Bonchev–Trinajstić information content (AvgIpc) is 3.22. The normalized spacial score (nSPS) is 17.0. The van der Waals surface area contributed by atoms with Gasteiger partial charge in [-0.05, 0) is 37.8 Å². The van der Waals surface area contributed by atoms with Crippen LogP contribution >= 0.6 is 0 Å². The first-order valence-corrected chi connectivity index (χ1v) is 9.02. The van der Waals surface area contributed by atoms with Gasteiger partial charge < -0.3 is 4.90 Å². The summed E-state index contributed by atoms with van der Waals surface area (Å²) in [6.45, 7) is 2.03. The summed E-state index contributed by atoms with van der Waals surface area (Å²) in [6, 6.07) is 5.73. The molecule has 2 fully saturated rings. The largest absolute Gasteiger partial charge is 0.341 e. The molecule has 3 aromatic heterocycles. The van der Waals surface area contributed by atoms with Crippen LogP contribution in [-0.4, -0.2) is 43.6 Å². The number of carbonyl (C=O) groups is 1. The van der Waals surface area contributed by atoms with Crippen molar-refractivity contribution in [1.82, 2.24) is 24.6 Å². The van der Waals surface area contributed by atoms with Crippen LogP contribution in [0.2, 0.25) is 0 Å². The molecule has 2 aliphatic rings. The summed E-state index contributed by atoms with van der Waals surface area (Å²) in [7, 11) is 0. The van der Waals surface area contributed by atoms with Crippen LogP contribution in [0.4, 0.5) is 11.9 Å². The number of carbonyl (C=O) groups excluding carboxylic acids is 1. The molecule has 0 atom stereocenters. The smallest absolute Gasteiger partial charge is 0.249 e. The zero-order valence-corrected chi connectivity index (χ0v) is 14.3. The minimum absolute atomic E-state index is 0.000700. The fraction of sp³-hybridized carbons (Fsp3) is 0.389. The Kier molecular flexibility index (Phi) is 3.55. The molecule has 0 bridgehead atoms. The third-order valence-electron chi connectivity index (χ3n) is 4.87. The standard InChI is InChI=1S/C18H19N7O/c26-16(12-6-7-12)22-17-21-15-5-3-4-14(25(15)23-17)13-10-19-18(20-11-13)24-8-1-2-9-24/h3-5,10-12H,1-2,6-9H2,(H,22,23,26). The molecule has 8 heteroatoms. The second-order valence-electron chi connectivity index (χ2n) is 6.85. The molecule has 1 N–H and O–H groups in total. The SMILES string of the molecule is O=C(Nc1nc2cccc(-c3cnc(N4CCCC4)nc3)n2n1)C1CC1. The van der Waals surface area contributed by atoms with Crippen LogP contribution in [0, 0.1) is 5.92 Å². The van der Waals surface area contributed by atoms with E-state index in [9.17, 15) is 4.79 Å². The topological polar surface area (TPSA) is 88.3 Å². The maximum atomic E-state index is 11.9. The Balaban J connectivity index is 1.45. The van der Waals surface area contributed by atoms with Crippen molar-refractivity contribution in [3.63, 3.8) is 0 Å². The summed E-state index contributed by atoms with van der Waals surface area (Å²) in [5.74, 6) is 1.23. The monoisotopic (exact) mass is 349 g/mol. The van der Waals surface area contributed by atoms with Gasteiger partial charge in [0.25, 0.3) is 0 Å². The van der Waals surface area contributed by atoms with Crippen LogP contribution in [0.3, 0.4) is 0 Å². The Bertz CT molecular complexity index is 955. The summed E-state index contributed by atoms with van der Waals surface area (Å²) in [5, 5.41) is 7.24. The first-order chi connectivity index (χ1) is 12.8. The lowest BCUT2D eigenvalue weighted by atomic mass is 10.2. The minimum atomic E-state index is 0.000700. The molecule has 1 saturated carbocycles. The third kappa shape index (κ3) is 2.77. The van der Waals surface area contributed by atoms with Crippen molar-refractivity contribution < 1.29 is 4.79 Å². The molecule has 0 radical (unpaired) electrons. The van der Waals surface area contributed by atoms with E-state index >= 15 is 0 Å². The summed E-state index contributed by atoms with van der Waals surface area (Å²) >= 11 is 0. The minimum Gasteiger partial charge on any atom is -0.341 e. The molecule has 0 aromatic carbocycles. The van der Waals surface area contributed by atoms with E-state index in [0.29, 0.717) is 11.6 Å². The van der Waals surface area contributed by atoms with Gasteiger partial charge in [-0.3, -0.25) is 10.1 Å². The van der Waals surface area contributed by atoms with Crippen molar-refractivity contribution in [1.29, 1.82) is 0 Å². The highest BCUT2D eigenvalue weighted by Gasteiger charge is 2.30. The molecule has 1 aliphatic heterocycles. The van der Waals surface area contributed by atoms with E-state index in [1.807, 2.05) is 30.6 Å². The number of pyridine rings is 1. The van der Waals surface area contributed by atoms with Crippen molar-refractivity contribution in [2.24, 2.45) is 5.92 Å². The molecule has 26 heavy (non-hydrogen) atoms. The number of anilines is 2. The maximum Gasteiger partial charge on any atom is 0.249 e. The van der Waals surface area contributed by atoms with E-state index in [4.69, 9.17) is 0 Å². The van der Waals surface area contributed by atoms with E-state index in [0.717, 1.165) is 43.1 Å². The summed E-state index contributed by atoms with van der Waals surface area (Å²) in [6.07, 6.45) is 7.92. The molecule has 0 unspecified atom stereocenters. The first-order valence-electron chi connectivity index (χ1n) is 9.02. The van der Waals surface area contributed by atoms with E-state index < -0.39 is 0 Å². The van der Waals surface area contributed by atoms with Crippen molar-refractivity contribution in [2.45, 2.75) is 25.7 Å². The second kappa shape index (κ2) is 6.05. The molecule has 1 amide bonds. The first kappa shape index (κ1) is 15.2. The highest BCUT2D eigenvalue weighted by atomic mass is 16.2. The number of nitrogens with zero attached hydrogens (tertiary/aromatic N) is 6. The van der Waals surface area contributed by atoms with Crippen LogP contribution in [0.25, 0.3) is 16.9 Å². The zero-order valence-electron chi connectivity index (χ0n) is 14.3. The lowest BCUT2D eigenvalue weighted by molar-refractivity contribution is -0.117. The summed E-state index contributed by atoms with van der Waals surface area (Å²) in [4.78, 5) is 27.6. The van der Waals surface area contributed by atoms with Crippen LogP contribution in [0.15, 0.2) is 30.6 Å². The average molecular weight is 349 g/mol. The van der Waals surface area contributed by atoms with Gasteiger partial charge in [0.15, 0.2) is 5.65 Å². The number of hydrogen-bond acceptors (Lipinski definition) is 6. The lowest BCUT2D eigenvalue weighted by Gasteiger charge is -2.14. The van der Waals surface area contributed by atoms with E-state index in [2.05, 4.69) is 30.3 Å². The highest BCUT2D eigenvalue weighted by Crippen LogP contribution is 2.30. The Labute approximate surface area is 150 Å². The highest BCUT2D eigenvalue weighted by molar-refractivity contribution is 5.92. The molecule has 0 spiro atoms. The molecule has 3 aromatic rings. The van der Waals surface area contributed by atoms with E-state index in [1.54, 1.807) is 4.52 Å².